The van der Waals surface area contributed by atoms with Gasteiger partial charge in [0.1, 0.15) is 0 Å². The Hall–Kier alpha value is -1.32. The number of hydrogen-bond acceptors (Lipinski definition) is 2. The van der Waals surface area contributed by atoms with E-state index in [1.807, 2.05) is 24.6 Å². The quantitative estimate of drug-likeness (QED) is 0.889. The molecule has 4 heteroatoms. The molecule has 1 aliphatic rings. The molecule has 0 amide bonds. The molecule has 1 fully saturated rings. The fourth-order valence-corrected chi connectivity index (χ4v) is 3.38. The summed E-state index contributed by atoms with van der Waals surface area (Å²) >= 11 is 0. The minimum atomic E-state index is -0.634. The first-order valence-corrected chi connectivity index (χ1v) is 7.27. The maximum atomic E-state index is 11.8. The second-order valence-electron chi connectivity index (χ2n) is 5.87. The summed E-state index contributed by atoms with van der Waals surface area (Å²) in [6.45, 7) is 6.97. The molecule has 1 heterocycles. The maximum absolute atomic E-state index is 11.8. The number of nitrogens with zero attached hydrogens (tertiary/aromatic N) is 2. The van der Waals surface area contributed by atoms with E-state index in [1.165, 1.54) is 0 Å². The second kappa shape index (κ2) is 5.35. The monoisotopic (exact) mass is 264 g/mol. The van der Waals surface area contributed by atoms with Crippen LogP contribution < -0.4 is 0 Å². The van der Waals surface area contributed by atoms with Crippen molar-refractivity contribution in [2.75, 3.05) is 0 Å². The van der Waals surface area contributed by atoms with Crippen molar-refractivity contribution in [1.82, 2.24) is 9.78 Å². The highest BCUT2D eigenvalue weighted by atomic mass is 16.4. The molecule has 1 saturated carbocycles. The third-order valence-electron chi connectivity index (χ3n) is 4.55. The molecule has 19 heavy (non-hydrogen) atoms. The zero-order valence-electron chi connectivity index (χ0n) is 12.1. The van der Waals surface area contributed by atoms with Crippen LogP contribution in [0.1, 0.15) is 50.9 Å². The zero-order valence-corrected chi connectivity index (χ0v) is 12.1. The Morgan fingerprint density at radius 3 is 2.84 bits per heavy atom. The van der Waals surface area contributed by atoms with Gasteiger partial charge >= 0.3 is 5.97 Å². The van der Waals surface area contributed by atoms with Gasteiger partial charge in [0.25, 0.3) is 0 Å². The molecule has 2 rings (SSSR count). The summed E-state index contributed by atoms with van der Waals surface area (Å²) in [5.41, 5.74) is 1.47. The number of rotatable bonds is 5. The highest BCUT2D eigenvalue weighted by Crippen LogP contribution is 2.45. The molecular formula is C15H24N2O2. The highest BCUT2D eigenvalue weighted by Gasteiger charge is 2.45. The first-order valence-electron chi connectivity index (χ1n) is 7.27. The van der Waals surface area contributed by atoms with Gasteiger partial charge < -0.3 is 5.11 Å². The fourth-order valence-electron chi connectivity index (χ4n) is 3.38. The third kappa shape index (κ3) is 2.67. The molecule has 4 nitrogen and oxygen atoms in total. The van der Waals surface area contributed by atoms with E-state index in [-0.39, 0.29) is 0 Å². The topological polar surface area (TPSA) is 55.1 Å². The Morgan fingerprint density at radius 2 is 2.32 bits per heavy atom. The molecule has 0 bridgehead atoms. The first-order chi connectivity index (χ1) is 9.00. The smallest absolute Gasteiger partial charge is 0.310 e. The summed E-state index contributed by atoms with van der Waals surface area (Å²) in [6, 6.07) is 2.04. The molecule has 0 aromatic carbocycles. The van der Waals surface area contributed by atoms with E-state index < -0.39 is 11.4 Å². The number of carbonyl (C=O) groups is 1. The summed E-state index contributed by atoms with van der Waals surface area (Å²) in [5, 5.41) is 14.1. The van der Waals surface area contributed by atoms with Crippen molar-refractivity contribution in [1.29, 1.82) is 0 Å². The van der Waals surface area contributed by atoms with E-state index in [0.29, 0.717) is 12.3 Å². The Kier molecular flexibility index (Phi) is 3.97. The summed E-state index contributed by atoms with van der Waals surface area (Å²) in [4.78, 5) is 11.8. The Labute approximate surface area is 114 Å². The van der Waals surface area contributed by atoms with Gasteiger partial charge in [0.05, 0.1) is 11.1 Å². The molecule has 0 saturated heterocycles. The van der Waals surface area contributed by atoms with Gasteiger partial charge in [-0.15, -0.1) is 0 Å². The van der Waals surface area contributed by atoms with Crippen molar-refractivity contribution >= 4 is 5.97 Å². The molecule has 106 valence electrons. The molecule has 2 atom stereocenters. The predicted molar refractivity (Wildman–Crippen MR) is 74.0 cm³/mol. The van der Waals surface area contributed by atoms with E-state index in [0.717, 1.165) is 43.6 Å². The van der Waals surface area contributed by atoms with E-state index >= 15 is 0 Å². The number of carboxylic acid groups (broad SMARTS) is 1. The number of aromatic nitrogens is 2. The predicted octanol–water partition coefficient (Wildman–Crippen LogP) is 3.04. The van der Waals surface area contributed by atoms with Gasteiger partial charge in [0.15, 0.2) is 0 Å². The van der Waals surface area contributed by atoms with Crippen LogP contribution in [0.15, 0.2) is 6.07 Å². The van der Waals surface area contributed by atoms with E-state index in [1.54, 1.807) is 0 Å². The standard InChI is InChI=1S/C15H24N2O2/c1-4-12-6-7-15(9-12,14(18)19)10-13-8-11(3)16-17(13)5-2/h8,12H,4-7,9-10H2,1-3H3,(H,18,19). The molecule has 0 spiro atoms. The van der Waals surface area contributed by atoms with Gasteiger partial charge in [-0.25, -0.2) is 0 Å². The van der Waals surface area contributed by atoms with Crippen molar-refractivity contribution in [2.45, 2.75) is 59.4 Å². The average molecular weight is 264 g/mol. The lowest BCUT2D eigenvalue weighted by molar-refractivity contribution is -0.148. The highest BCUT2D eigenvalue weighted by molar-refractivity contribution is 5.75. The summed E-state index contributed by atoms with van der Waals surface area (Å²) < 4.78 is 1.94. The Balaban J connectivity index is 2.24. The zero-order chi connectivity index (χ0) is 14.0. The van der Waals surface area contributed by atoms with Gasteiger partial charge in [-0.05, 0) is 45.1 Å². The number of aryl methyl sites for hydroxylation is 2. The van der Waals surface area contributed by atoms with Crippen LogP contribution in [0, 0.1) is 18.3 Å². The lowest BCUT2D eigenvalue weighted by Crippen LogP contribution is -2.31. The van der Waals surface area contributed by atoms with Crippen molar-refractivity contribution < 1.29 is 9.90 Å². The van der Waals surface area contributed by atoms with Crippen molar-refractivity contribution in [3.63, 3.8) is 0 Å². The fraction of sp³-hybridized carbons (Fsp3) is 0.733. The summed E-state index contributed by atoms with van der Waals surface area (Å²) in [5.74, 6) is -0.0693. The lowest BCUT2D eigenvalue weighted by Gasteiger charge is -2.24. The van der Waals surface area contributed by atoms with E-state index in [4.69, 9.17) is 0 Å². The van der Waals surface area contributed by atoms with Crippen LogP contribution in [0.4, 0.5) is 0 Å². The number of aliphatic carboxylic acids is 1. The average Bonchev–Trinajstić information content (AvgIpc) is 2.94. The summed E-state index contributed by atoms with van der Waals surface area (Å²) in [7, 11) is 0. The maximum Gasteiger partial charge on any atom is 0.310 e. The Morgan fingerprint density at radius 1 is 1.58 bits per heavy atom. The number of hydrogen-bond donors (Lipinski definition) is 1. The molecule has 0 aliphatic heterocycles. The van der Waals surface area contributed by atoms with E-state index in [2.05, 4.69) is 12.0 Å². The molecule has 1 aliphatic carbocycles. The van der Waals surface area contributed by atoms with Crippen LogP contribution in [-0.4, -0.2) is 20.9 Å². The minimum Gasteiger partial charge on any atom is -0.481 e. The molecule has 1 aromatic rings. The first kappa shape index (κ1) is 14.1. The van der Waals surface area contributed by atoms with Gasteiger partial charge in [0, 0.05) is 18.7 Å². The van der Waals surface area contributed by atoms with Gasteiger partial charge in [-0.2, -0.15) is 5.10 Å². The molecule has 0 radical (unpaired) electrons. The minimum absolute atomic E-state index is 0.565. The van der Waals surface area contributed by atoms with Crippen molar-refractivity contribution in [3.8, 4) is 0 Å². The van der Waals surface area contributed by atoms with Crippen LogP contribution in [-0.2, 0) is 17.8 Å². The largest absolute Gasteiger partial charge is 0.481 e. The third-order valence-corrected chi connectivity index (χ3v) is 4.55. The van der Waals surface area contributed by atoms with Crippen molar-refractivity contribution in [3.05, 3.63) is 17.5 Å². The van der Waals surface area contributed by atoms with Crippen LogP contribution in [0.5, 0.6) is 0 Å². The molecule has 2 unspecified atom stereocenters. The van der Waals surface area contributed by atoms with Gasteiger partial charge in [-0.1, -0.05) is 13.3 Å². The van der Waals surface area contributed by atoms with Gasteiger partial charge in [-0.3, -0.25) is 9.48 Å². The van der Waals surface area contributed by atoms with Gasteiger partial charge in [0.2, 0.25) is 0 Å². The van der Waals surface area contributed by atoms with Crippen LogP contribution in [0.3, 0.4) is 0 Å². The van der Waals surface area contributed by atoms with Crippen LogP contribution in [0.2, 0.25) is 0 Å². The normalized spacial score (nSPS) is 26.8. The SMILES string of the molecule is CCC1CCC(Cc2cc(C)nn2CC)(C(=O)O)C1. The Bertz CT molecular complexity index is 467. The summed E-state index contributed by atoms with van der Waals surface area (Å²) in [6.07, 6.45) is 4.36. The molecule has 1 N–H and O–H groups in total. The molecular weight excluding hydrogens is 240 g/mol. The number of carboxylic acids is 1. The van der Waals surface area contributed by atoms with E-state index in [9.17, 15) is 9.90 Å². The molecule has 1 aromatic heterocycles. The van der Waals surface area contributed by atoms with Crippen LogP contribution >= 0.6 is 0 Å². The second-order valence-corrected chi connectivity index (χ2v) is 5.87. The lowest BCUT2D eigenvalue weighted by atomic mass is 9.80. The van der Waals surface area contributed by atoms with Crippen LogP contribution in [0.25, 0.3) is 0 Å². The van der Waals surface area contributed by atoms with Crippen molar-refractivity contribution in [2.24, 2.45) is 11.3 Å².